The second-order valence-electron chi connectivity index (χ2n) is 6.06. The summed E-state index contributed by atoms with van der Waals surface area (Å²) in [5, 5.41) is 7.15. The Bertz CT molecular complexity index is 890. The lowest BCUT2D eigenvalue weighted by Gasteiger charge is -2.14. The summed E-state index contributed by atoms with van der Waals surface area (Å²) in [6.45, 7) is 3.85. The number of nitrogens with one attached hydrogen (secondary N) is 1. The van der Waals surface area contributed by atoms with E-state index in [2.05, 4.69) is 15.4 Å². The lowest BCUT2D eigenvalue weighted by Crippen LogP contribution is -2.16. The van der Waals surface area contributed by atoms with Crippen molar-refractivity contribution < 1.29 is 9.18 Å². The Balaban J connectivity index is 1.73. The molecule has 0 saturated carbocycles. The van der Waals surface area contributed by atoms with Crippen molar-refractivity contribution in [2.75, 3.05) is 5.32 Å². The van der Waals surface area contributed by atoms with Gasteiger partial charge in [-0.3, -0.25) is 9.78 Å². The Hall–Kier alpha value is -3.02. The number of anilines is 1. The Kier molecular flexibility index (Phi) is 4.88. The average Bonchev–Trinajstić information content (AvgIpc) is 3.01. The third kappa shape index (κ3) is 4.09. The molecule has 1 N–H and O–H groups in total. The molecule has 2 aromatic heterocycles. The summed E-state index contributed by atoms with van der Waals surface area (Å²) in [4.78, 5) is 16.5. The van der Waals surface area contributed by atoms with Crippen molar-refractivity contribution in [3.05, 3.63) is 72.1 Å². The summed E-state index contributed by atoms with van der Waals surface area (Å²) in [5.74, 6) is -0.550. The molecule has 0 aliphatic rings. The number of amides is 1. The number of benzene rings is 1. The molecule has 1 amide bonds. The molecule has 25 heavy (non-hydrogen) atoms. The monoisotopic (exact) mass is 338 g/mol. The number of hydrogen-bond donors (Lipinski definition) is 1. The Morgan fingerprint density at radius 2 is 2.16 bits per heavy atom. The zero-order valence-electron chi connectivity index (χ0n) is 14.1. The van der Waals surface area contributed by atoms with Crippen LogP contribution < -0.4 is 5.32 Å². The van der Waals surface area contributed by atoms with E-state index >= 15 is 0 Å². The number of carbonyl (C=O) groups is 1. The maximum absolute atomic E-state index is 13.3. The van der Waals surface area contributed by atoms with Crippen LogP contribution in [0.15, 0.2) is 55.1 Å². The van der Waals surface area contributed by atoms with E-state index in [4.69, 9.17) is 0 Å². The number of aromatic nitrogens is 3. The largest absolute Gasteiger partial charge is 0.323 e. The second kappa shape index (κ2) is 7.25. The van der Waals surface area contributed by atoms with Crippen molar-refractivity contribution in [2.24, 2.45) is 0 Å². The molecule has 0 spiro atoms. The van der Waals surface area contributed by atoms with Gasteiger partial charge in [-0.1, -0.05) is 19.1 Å². The predicted octanol–water partition coefficient (Wildman–Crippen LogP) is 3.85. The summed E-state index contributed by atoms with van der Waals surface area (Å²) in [5.41, 5.74) is 3.15. The number of halogens is 1. The average molecular weight is 338 g/mol. The zero-order chi connectivity index (χ0) is 17.8. The Morgan fingerprint density at radius 1 is 1.32 bits per heavy atom. The van der Waals surface area contributed by atoms with E-state index in [1.165, 1.54) is 12.1 Å². The number of nitrogens with zero attached hydrogens (tertiary/aromatic N) is 3. The maximum atomic E-state index is 13.3. The van der Waals surface area contributed by atoms with Gasteiger partial charge in [0.2, 0.25) is 5.91 Å². The molecule has 0 radical (unpaired) electrons. The standard InChI is InChI=1S/C19H19FN4O/c1-13-10-22-24(12-13)18-6-7-21-11-17(18)23-19(25)8-14(2)15-4-3-5-16(20)9-15/h3-7,9-12,14H,8H2,1-2H3,(H,23,25)/t14-/m0/s1. The van der Waals surface area contributed by atoms with Gasteiger partial charge in [0, 0.05) is 18.8 Å². The molecule has 0 aliphatic carbocycles. The highest BCUT2D eigenvalue weighted by atomic mass is 19.1. The van der Waals surface area contributed by atoms with Crippen LogP contribution >= 0.6 is 0 Å². The molecule has 3 aromatic rings. The van der Waals surface area contributed by atoms with Crippen molar-refractivity contribution in [1.82, 2.24) is 14.8 Å². The molecular weight excluding hydrogens is 319 g/mol. The molecule has 0 aliphatic heterocycles. The number of hydrogen-bond acceptors (Lipinski definition) is 3. The lowest BCUT2D eigenvalue weighted by molar-refractivity contribution is -0.116. The number of rotatable bonds is 5. The number of pyridine rings is 1. The van der Waals surface area contributed by atoms with E-state index in [0.29, 0.717) is 5.69 Å². The number of carbonyl (C=O) groups excluding carboxylic acids is 1. The van der Waals surface area contributed by atoms with Gasteiger partial charge in [0.05, 0.1) is 23.8 Å². The van der Waals surface area contributed by atoms with Gasteiger partial charge >= 0.3 is 0 Å². The van der Waals surface area contributed by atoms with Crippen LogP contribution in [0.5, 0.6) is 0 Å². The molecule has 5 nitrogen and oxygen atoms in total. The van der Waals surface area contributed by atoms with Gasteiger partial charge in [0.1, 0.15) is 5.82 Å². The van der Waals surface area contributed by atoms with Crippen LogP contribution in [-0.4, -0.2) is 20.7 Å². The van der Waals surface area contributed by atoms with Crippen LogP contribution in [-0.2, 0) is 4.79 Å². The fraction of sp³-hybridized carbons (Fsp3) is 0.211. The first-order valence-corrected chi connectivity index (χ1v) is 8.04. The first-order chi connectivity index (χ1) is 12.0. The van der Waals surface area contributed by atoms with Gasteiger partial charge in [-0.15, -0.1) is 0 Å². The van der Waals surface area contributed by atoms with Crippen LogP contribution in [0, 0.1) is 12.7 Å². The molecule has 128 valence electrons. The van der Waals surface area contributed by atoms with Crippen LogP contribution in [0.3, 0.4) is 0 Å². The molecule has 3 rings (SSSR count). The maximum Gasteiger partial charge on any atom is 0.225 e. The van der Waals surface area contributed by atoms with Crippen LogP contribution in [0.25, 0.3) is 5.69 Å². The minimum Gasteiger partial charge on any atom is -0.323 e. The molecule has 0 unspecified atom stereocenters. The molecule has 0 bridgehead atoms. The molecule has 1 aromatic carbocycles. The van der Waals surface area contributed by atoms with E-state index in [1.54, 1.807) is 35.4 Å². The normalized spacial score (nSPS) is 12.0. The quantitative estimate of drug-likeness (QED) is 0.769. The molecule has 0 fully saturated rings. The van der Waals surface area contributed by atoms with Crippen molar-refractivity contribution in [1.29, 1.82) is 0 Å². The highest BCUT2D eigenvalue weighted by Gasteiger charge is 2.14. The highest BCUT2D eigenvalue weighted by molar-refractivity contribution is 5.93. The van der Waals surface area contributed by atoms with Crippen LogP contribution in [0.2, 0.25) is 0 Å². The third-order valence-corrected chi connectivity index (χ3v) is 3.94. The van der Waals surface area contributed by atoms with Crippen molar-refractivity contribution in [3.63, 3.8) is 0 Å². The smallest absolute Gasteiger partial charge is 0.225 e. The summed E-state index contributed by atoms with van der Waals surface area (Å²) >= 11 is 0. The molecule has 2 heterocycles. The molecular formula is C19H19FN4O. The van der Waals surface area contributed by atoms with Crippen molar-refractivity contribution >= 4 is 11.6 Å². The van der Waals surface area contributed by atoms with Gasteiger partial charge in [-0.25, -0.2) is 9.07 Å². The van der Waals surface area contributed by atoms with E-state index in [9.17, 15) is 9.18 Å². The molecule has 6 heteroatoms. The fourth-order valence-electron chi connectivity index (χ4n) is 2.64. The molecule has 1 atom stereocenters. The van der Waals surface area contributed by atoms with E-state index in [1.807, 2.05) is 26.1 Å². The minimum atomic E-state index is -0.298. The number of aryl methyl sites for hydroxylation is 1. The van der Waals surface area contributed by atoms with Gasteiger partial charge in [0.25, 0.3) is 0 Å². The summed E-state index contributed by atoms with van der Waals surface area (Å²) in [6.07, 6.45) is 7.11. The van der Waals surface area contributed by atoms with Crippen molar-refractivity contribution in [3.8, 4) is 5.69 Å². The predicted molar refractivity (Wildman–Crippen MR) is 94.2 cm³/mol. The van der Waals surface area contributed by atoms with Gasteiger partial charge < -0.3 is 5.32 Å². The Labute approximate surface area is 145 Å². The molecule has 0 saturated heterocycles. The summed E-state index contributed by atoms with van der Waals surface area (Å²) < 4.78 is 15.0. The fourth-order valence-corrected chi connectivity index (χ4v) is 2.64. The minimum absolute atomic E-state index is 0.0947. The van der Waals surface area contributed by atoms with E-state index in [-0.39, 0.29) is 24.1 Å². The second-order valence-corrected chi connectivity index (χ2v) is 6.06. The SMILES string of the molecule is Cc1cnn(-c2ccncc2NC(=O)C[C@H](C)c2cccc(F)c2)c1. The lowest BCUT2D eigenvalue weighted by atomic mass is 9.97. The zero-order valence-corrected chi connectivity index (χ0v) is 14.1. The topological polar surface area (TPSA) is 59.8 Å². The van der Waals surface area contributed by atoms with E-state index in [0.717, 1.165) is 16.8 Å². The van der Waals surface area contributed by atoms with Gasteiger partial charge in [0.15, 0.2) is 0 Å². The van der Waals surface area contributed by atoms with Gasteiger partial charge in [-0.2, -0.15) is 5.10 Å². The first-order valence-electron chi connectivity index (χ1n) is 8.04. The van der Waals surface area contributed by atoms with Crippen LogP contribution in [0.1, 0.15) is 30.4 Å². The van der Waals surface area contributed by atoms with Crippen molar-refractivity contribution in [2.45, 2.75) is 26.2 Å². The van der Waals surface area contributed by atoms with Gasteiger partial charge in [-0.05, 0) is 42.2 Å². The van der Waals surface area contributed by atoms with E-state index < -0.39 is 0 Å². The third-order valence-electron chi connectivity index (χ3n) is 3.94. The Morgan fingerprint density at radius 3 is 2.88 bits per heavy atom. The first kappa shape index (κ1) is 16.8. The summed E-state index contributed by atoms with van der Waals surface area (Å²) in [7, 11) is 0. The summed E-state index contributed by atoms with van der Waals surface area (Å²) in [6, 6.07) is 8.11. The highest BCUT2D eigenvalue weighted by Crippen LogP contribution is 2.22. The van der Waals surface area contributed by atoms with Crippen LogP contribution in [0.4, 0.5) is 10.1 Å².